The fourth-order valence-electron chi connectivity index (χ4n) is 1.71. The van der Waals surface area contributed by atoms with Crippen molar-refractivity contribution in [2.45, 2.75) is 25.7 Å². The molecule has 0 aromatic heterocycles. The molecule has 0 aliphatic heterocycles. The van der Waals surface area contributed by atoms with Crippen LogP contribution in [0.5, 0.6) is 0 Å². The average molecular weight is 273 g/mol. The average Bonchev–Trinajstić information content (AvgIpc) is 2.35. The molecule has 0 fully saturated rings. The second-order valence-electron chi connectivity index (χ2n) is 4.12. The highest BCUT2D eigenvalue weighted by Gasteiger charge is 2.18. The van der Waals surface area contributed by atoms with Crippen LogP contribution in [0.3, 0.4) is 0 Å². The number of hydrogen-bond donors (Lipinski definition) is 1. The summed E-state index contributed by atoms with van der Waals surface area (Å²) in [5, 5.41) is 2.66. The lowest BCUT2D eigenvalue weighted by molar-refractivity contribution is -0.135. The zero-order chi connectivity index (χ0) is 14.4. The van der Waals surface area contributed by atoms with Gasteiger partial charge >= 0.3 is 0 Å². The maximum absolute atomic E-state index is 13.0. The van der Waals surface area contributed by atoms with E-state index in [-0.39, 0.29) is 18.4 Å². The molecule has 106 valence electrons. The van der Waals surface area contributed by atoms with E-state index < -0.39 is 17.9 Å². The van der Waals surface area contributed by atoms with Crippen LogP contribution in [-0.2, 0) is 20.7 Å². The highest BCUT2D eigenvalue weighted by Crippen LogP contribution is 2.09. The first kappa shape index (κ1) is 15.5. The van der Waals surface area contributed by atoms with Crippen LogP contribution in [-0.4, -0.2) is 32.5 Å². The predicted molar refractivity (Wildman–Crippen MR) is 65.5 cm³/mol. The number of hydrogen-bond acceptors (Lipinski definition) is 3. The fourth-order valence-corrected chi connectivity index (χ4v) is 1.71. The SMILES string of the molecule is COC(OC)C(C)NC(=O)Cc1ccc(F)c(F)c1. The minimum absolute atomic E-state index is 0.0400. The van der Waals surface area contributed by atoms with Crippen molar-refractivity contribution in [1.82, 2.24) is 5.32 Å². The summed E-state index contributed by atoms with van der Waals surface area (Å²) in [5.74, 6) is -2.22. The van der Waals surface area contributed by atoms with Gasteiger partial charge in [0.15, 0.2) is 17.9 Å². The van der Waals surface area contributed by atoms with Gasteiger partial charge in [-0.3, -0.25) is 4.79 Å². The third-order valence-electron chi connectivity index (χ3n) is 2.61. The summed E-state index contributed by atoms with van der Waals surface area (Å²) >= 11 is 0. The predicted octanol–water partition coefficient (Wildman–Crippen LogP) is 1.63. The van der Waals surface area contributed by atoms with E-state index in [1.165, 1.54) is 20.3 Å². The normalized spacial score (nSPS) is 12.5. The van der Waals surface area contributed by atoms with Crippen LogP contribution in [0.2, 0.25) is 0 Å². The standard InChI is InChI=1S/C13H17F2NO3/c1-8(13(18-2)19-3)16-12(17)7-9-4-5-10(14)11(15)6-9/h4-6,8,13H,7H2,1-3H3,(H,16,17). The number of carbonyl (C=O) groups excluding carboxylic acids is 1. The molecule has 1 aromatic rings. The Hall–Kier alpha value is -1.53. The van der Waals surface area contributed by atoms with E-state index in [9.17, 15) is 13.6 Å². The lowest BCUT2D eigenvalue weighted by atomic mass is 10.1. The smallest absolute Gasteiger partial charge is 0.224 e. The van der Waals surface area contributed by atoms with Gasteiger partial charge in [-0.05, 0) is 24.6 Å². The summed E-state index contributed by atoms with van der Waals surface area (Å²) in [6, 6.07) is 3.01. The Labute approximate surface area is 110 Å². The lowest BCUT2D eigenvalue weighted by Crippen LogP contribution is -2.43. The van der Waals surface area contributed by atoms with Crippen molar-refractivity contribution >= 4 is 5.91 Å². The maximum Gasteiger partial charge on any atom is 0.224 e. The molecule has 0 bridgehead atoms. The summed E-state index contributed by atoms with van der Waals surface area (Å²) in [5.41, 5.74) is 0.398. The van der Waals surface area contributed by atoms with Crippen molar-refractivity contribution in [1.29, 1.82) is 0 Å². The van der Waals surface area contributed by atoms with E-state index in [0.717, 1.165) is 12.1 Å². The van der Waals surface area contributed by atoms with Crippen molar-refractivity contribution in [3.63, 3.8) is 0 Å². The van der Waals surface area contributed by atoms with Crippen LogP contribution in [0.4, 0.5) is 8.78 Å². The highest BCUT2D eigenvalue weighted by atomic mass is 19.2. The first-order valence-electron chi connectivity index (χ1n) is 5.76. The Kier molecular flexibility index (Phi) is 5.85. The Morgan fingerprint density at radius 3 is 2.42 bits per heavy atom. The molecule has 1 amide bonds. The molecule has 0 saturated heterocycles. The zero-order valence-corrected chi connectivity index (χ0v) is 11.1. The molecule has 0 radical (unpaired) electrons. The Morgan fingerprint density at radius 2 is 1.89 bits per heavy atom. The molecule has 4 nitrogen and oxygen atoms in total. The van der Waals surface area contributed by atoms with Crippen LogP contribution >= 0.6 is 0 Å². The van der Waals surface area contributed by atoms with Gasteiger partial charge in [0, 0.05) is 14.2 Å². The molecule has 1 unspecified atom stereocenters. The first-order chi connectivity index (χ1) is 8.97. The van der Waals surface area contributed by atoms with E-state index in [4.69, 9.17) is 9.47 Å². The van der Waals surface area contributed by atoms with Crippen molar-refractivity contribution in [2.24, 2.45) is 0 Å². The Bertz CT molecular complexity index is 436. The molecule has 0 saturated carbocycles. The number of halogens is 2. The number of ether oxygens (including phenoxy) is 2. The van der Waals surface area contributed by atoms with Crippen molar-refractivity contribution in [3.05, 3.63) is 35.4 Å². The Balaban J connectivity index is 2.57. The number of amides is 1. The molecular formula is C13H17F2NO3. The molecule has 1 aromatic carbocycles. The van der Waals surface area contributed by atoms with Gasteiger partial charge < -0.3 is 14.8 Å². The zero-order valence-electron chi connectivity index (χ0n) is 11.1. The molecule has 1 atom stereocenters. The fraction of sp³-hybridized carbons (Fsp3) is 0.462. The summed E-state index contributed by atoms with van der Waals surface area (Å²) in [6.45, 7) is 1.72. The minimum atomic E-state index is -0.968. The molecule has 1 rings (SSSR count). The van der Waals surface area contributed by atoms with Gasteiger partial charge in [-0.25, -0.2) is 8.78 Å². The molecule has 0 aliphatic rings. The monoisotopic (exact) mass is 273 g/mol. The number of rotatable bonds is 6. The third kappa shape index (κ3) is 4.57. The van der Waals surface area contributed by atoms with Crippen molar-refractivity contribution in [2.75, 3.05) is 14.2 Å². The number of methoxy groups -OCH3 is 2. The number of nitrogens with one attached hydrogen (secondary N) is 1. The van der Waals surface area contributed by atoms with Gasteiger partial charge in [0.2, 0.25) is 5.91 Å². The summed E-state index contributed by atoms with van der Waals surface area (Å²) in [7, 11) is 2.93. The summed E-state index contributed by atoms with van der Waals surface area (Å²) in [4.78, 5) is 11.7. The largest absolute Gasteiger partial charge is 0.354 e. The topological polar surface area (TPSA) is 47.6 Å². The van der Waals surface area contributed by atoms with E-state index in [1.54, 1.807) is 6.92 Å². The van der Waals surface area contributed by atoms with Crippen LogP contribution in [0.1, 0.15) is 12.5 Å². The van der Waals surface area contributed by atoms with Gasteiger partial charge in [0.25, 0.3) is 0 Å². The maximum atomic E-state index is 13.0. The first-order valence-corrected chi connectivity index (χ1v) is 5.76. The van der Waals surface area contributed by atoms with Gasteiger partial charge in [0.05, 0.1) is 12.5 Å². The molecule has 1 N–H and O–H groups in total. The molecule has 0 spiro atoms. The van der Waals surface area contributed by atoms with Crippen LogP contribution in [0, 0.1) is 11.6 Å². The van der Waals surface area contributed by atoms with Crippen LogP contribution in [0.25, 0.3) is 0 Å². The van der Waals surface area contributed by atoms with Crippen LogP contribution in [0.15, 0.2) is 18.2 Å². The van der Waals surface area contributed by atoms with E-state index in [0.29, 0.717) is 5.56 Å². The summed E-state index contributed by atoms with van der Waals surface area (Å²) in [6.07, 6.45) is -0.601. The minimum Gasteiger partial charge on any atom is -0.354 e. The Morgan fingerprint density at radius 1 is 1.26 bits per heavy atom. The van der Waals surface area contributed by atoms with E-state index in [1.807, 2.05) is 0 Å². The molecule has 0 heterocycles. The quantitative estimate of drug-likeness (QED) is 0.801. The highest BCUT2D eigenvalue weighted by molar-refractivity contribution is 5.78. The molecule has 0 aliphatic carbocycles. The number of benzene rings is 1. The van der Waals surface area contributed by atoms with Crippen molar-refractivity contribution in [3.8, 4) is 0 Å². The van der Waals surface area contributed by atoms with Gasteiger partial charge in [0.1, 0.15) is 0 Å². The second-order valence-corrected chi connectivity index (χ2v) is 4.12. The van der Waals surface area contributed by atoms with Gasteiger partial charge in [-0.2, -0.15) is 0 Å². The van der Waals surface area contributed by atoms with Gasteiger partial charge in [-0.15, -0.1) is 0 Å². The lowest BCUT2D eigenvalue weighted by Gasteiger charge is -2.22. The molecule has 6 heteroatoms. The summed E-state index contributed by atoms with van der Waals surface area (Å²) < 4.78 is 35.7. The van der Waals surface area contributed by atoms with E-state index in [2.05, 4.69) is 5.32 Å². The van der Waals surface area contributed by atoms with Crippen molar-refractivity contribution < 1.29 is 23.0 Å². The van der Waals surface area contributed by atoms with Gasteiger partial charge in [-0.1, -0.05) is 6.07 Å². The molecular weight excluding hydrogens is 256 g/mol. The molecule has 19 heavy (non-hydrogen) atoms. The third-order valence-corrected chi connectivity index (χ3v) is 2.61. The van der Waals surface area contributed by atoms with E-state index >= 15 is 0 Å². The van der Waals surface area contributed by atoms with Crippen LogP contribution < -0.4 is 5.32 Å². The second kappa shape index (κ2) is 7.16. The number of carbonyl (C=O) groups is 1.